The van der Waals surface area contributed by atoms with Crippen LogP contribution in [0, 0.1) is 31.1 Å². The second kappa shape index (κ2) is 8.22. The van der Waals surface area contributed by atoms with Crippen molar-refractivity contribution in [2.24, 2.45) is 5.92 Å². The Morgan fingerprint density at radius 2 is 2.04 bits per heavy atom. The van der Waals surface area contributed by atoms with E-state index in [1.54, 1.807) is 0 Å². The third-order valence-corrected chi connectivity index (χ3v) is 4.38. The molecule has 0 aliphatic heterocycles. The summed E-state index contributed by atoms with van der Waals surface area (Å²) in [6.07, 6.45) is 2.53. The molecule has 0 bridgehead atoms. The number of aromatic nitrogens is 1. The fourth-order valence-electron chi connectivity index (χ4n) is 2.74. The Morgan fingerprint density at radius 1 is 1.38 bits per heavy atom. The average Bonchev–Trinajstić information content (AvgIpc) is 3.34. The number of rotatable bonds is 7. The van der Waals surface area contributed by atoms with Crippen LogP contribution in [0.25, 0.3) is 6.08 Å². The van der Waals surface area contributed by atoms with Crippen molar-refractivity contribution in [2.45, 2.75) is 66.2 Å². The highest BCUT2D eigenvalue weighted by Crippen LogP contribution is 2.21. The summed E-state index contributed by atoms with van der Waals surface area (Å²) in [7, 11) is 0. The van der Waals surface area contributed by atoms with E-state index < -0.39 is 12.1 Å². The summed E-state index contributed by atoms with van der Waals surface area (Å²) in [4.78, 5) is 24.2. The van der Waals surface area contributed by atoms with E-state index >= 15 is 0 Å². The normalized spacial score (nSPS) is 15.5. The Labute approximate surface area is 154 Å². The number of ether oxygens (including phenoxy) is 1. The number of hydrogen-bond donors (Lipinski definition) is 1. The van der Waals surface area contributed by atoms with Gasteiger partial charge in [-0.3, -0.25) is 4.79 Å². The van der Waals surface area contributed by atoms with E-state index in [0.29, 0.717) is 5.92 Å². The van der Waals surface area contributed by atoms with Gasteiger partial charge in [0.05, 0.1) is 0 Å². The molecule has 1 atom stereocenters. The van der Waals surface area contributed by atoms with Crippen molar-refractivity contribution >= 4 is 18.0 Å². The molecule has 1 saturated carbocycles. The minimum Gasteiger partial charge on any atom is -0.448 e. The van der Waals surface area contributed by atoms with Gasteiger partial charge in [0.1, 0.15) is 11.6 Å². The van der Waals surface area contributed by atoms with E-state index in [4.69, 9.17) is 4.74 Å². The van der Waals surface area contributed by atoms with Gasteiger partial charge in [-0.1, -0.05) is 13.8 Å². The van der Waals surface area contributed by atoms with Gasteiger partial charge in [0, 0.05) is 24.0 Å². The maximum atomic E-state index is 12.3. The van der Waals surface area contributed by atoms with Gasteiger partial charge in [0.2, 0.25) is 0 Å². The summed E-state index contributed by atoms with van der Waals surface area (Å²) in [5, 5.41) is 12.1. The Kier molecular flexibility index (Phi) is 6.25. The quantitative estimate of drug-likeness (QED) is 0.462. The molecule has 0 spiro atoms. The molecule has 6 heteroatoms. The number of esters is 1. The first-order chi connectivity index (χ1) is 12.2. The lowest BCUT2D eigenvalue weighted by molar-refractivity contribution is -0.150. The van der Waals surface area contributed by atoms with Gasteiger partial charge in [-0.2, -0.15) is 5.26 Å². The molecule has 1 aromatic rings. The number of carbonyl (C=O) groups excluding carboxylic acids is 2. The molecule has 1 aliphatic rings. The number of amides is 1. The molecule has 0 unspecified atom stereocenters. The molecular weight excluding hydrogens is 330 g/mol. The van der Waals surface area contributed by atoms with Crippen LogP contribution in [0.3, 0.4) is 0 Å². The average molecular weight is 357 g/mol. The van der Waals surface area contributed by atoms with Crippen LogP contribution in [0.4, 0.5) is 0 Å². The van der Waals surface area contributed by atoms with Crippen LogP contribution in [0.2, 0.25) is 0 Å². The minimum atomic E-state index is -0.923. The van der Waals surface area contributed by atoms with Gasteiger partial charge in [-0.05, 0) is 57.2 Å². The second-order valence-electron chi connectivity index (χ2n) is 7.33. The fourth-order valence-corrected chi connectivity index (χ4v) is 2.74. The largest absolute Gasteiger partial charge is 0.448 e. The molecule has 6 nitrogen and oxygen atoms in total. The van der Waals surface area contributed by atoms with E-state index in [1.165, 1.54) is 13.0 Å². The van der Waals surface area contributed by atoms with Gasteiger partial charge in [0.15, 0.2) is 6.10 Å². The predicted octanol–water partition coefficient (Wildman–Crippen LogP) is 2.88. The Hall–Kier alpha value is -2.55. The summed E-state index contributed by atoms with van der Waals surface area (Å²) in [5.74, 6) is -0.615. The highest BCUT2D eigenvalue weighted by molar-refractivity contribution is 5.99. The molecule has 0 saturated heterocycles. The van der Waals surface area contributed by atoms with E-state index in [0.717, 1.165) is 36.3 Å². The molecule has 1 amide bonds. The highest BCUT2D eigenvalue weighted by Gasteiger charge is 2.28. The maximum absolute atomic E-state index is 12.3. The number of aryl methyl sites for hydroxylation is 1. The monoisotopic (exact) mass is 357 g/mol. The van der Waals surface area contributed by atoms with Crippen LogP contribution < -0.4 is 5.32 Å². The first-order valence-corrected chi connectivity index (χ1v) is 9.02. The van der Waals surface area contributed by atoms with Crippen molar-refractivity contribution < 1.29 is 14.3 Å². The molecule has 0 aromatic carbocycles. The highest BCUT2D eigenvalue weighted by atomic mass is 16.5. The summed E-state index contributed by atoms with van der Waals surface area (Å²) in [6.45, 7) is 10.6. The molecule has 1 fully saturated rings. The van der Waals surface area contributed by atoms with Crippen molar-refractivity contribution in [1.82, 2.24) is 9.88 Å². The van der Waals surface area contributed by atoms with E-state index in [1.807, 2.05) is 26.0 Å². The molecule has 1 heterocycles. The van der Waals surface area contributed by atoms with Crippen LogP contribution in [0.5, 0.6) is 0 Å². The fraction of sp³-hybridized carbons (Fsp3) is 0.550. The zero-order chi connectivity index (χ0) is 19.4. The molecule has 1 aromatic heterocycles. The molecule has 26 heavy (non-hydrogen) atoms. The molecule has 1 N–H and O–H groups in total. The molecule has 140 valence electrons. The molecule has 0 radical (unpaired) electrons. The maximum Gasteiger partial charge on any atom is 0.349 e. The summed E-state index contributed by atoms with van der Waals surface area (Å²) < 4.78 is 7.33. The Bertz CT molecular complexity index is 764. The number of nitriles is 1. The second-order valence-corrected chi connectivity index (χ2v) is 7.33. The van der Waals surface area contributed by atoms with Gasteiger partial charge >= 0.3 is 5.97 Å². The molecule has 2 rings (SSSR count). The van der Waals surface area contributed by atoms with Gasteiger partial charge < -0.3 is 14.6 Å². The number of nitrogens with zero attached hydrogens (tertiary/aromatic N) is 2. The molecular formula is C20H27N3O3. The van der Waals surface area contributed by atoms with Crippen molar-refractivity contribution in [2.75, 3.05) is 0 Å². The minimum absolute atomic E-state index is 0.110. The number of nitrogens with one attached hydrogen (secondary N) is 1. The van der Waals surface area contributed by atoms with Crippen LogP contribution in [-0.4, -0.2) is 28.6 Å². The van der Waals surface area contributed by atoms with Crippen molar-refractivity contribution in [1.29, 1.82) is 5.26 Å². The van der Waals surface area contributed by atoms with Gasteiger partial charge in [-0.25, -0.2) is 4.79 Å². The lowest BCUT2D eigenvalue weighted by Gasteiger charge is -2.13. The lowest BCUT2D eigenvalue weighted by atomic mass is 10.1. The zero-order valence-electron chi connectivity index (χ0n) is 16.1. The topological polar surface area (TPSA) is 84.1 Å². The predicted molar refractivity (Wildman–Crippen MR) is 99.1 cm³/mol. The van der Waals surface area contributed by atoms with E-state index in [-0.39, 0.29) is 17.5 Å². The summed E-state index contributed by atoms with van der Waals surface area (Å²) >= 11 is 0. The third kappa shape index (κ3) is 4.98. The SMILES string of the molecule is Cc1cc(/C=C(\C#N)C(=O)O[C@@H](C)C(=O)NC2CC2)c(C)n1CC(C)C. The van der Waals surface area contributed by atoms with Crippen LogP contribution in [0.1, 0.15) is 50.6 Å². The van der Waals surface area contributed by atoms with E-state index in [2.05, 4.69) is 23.7 Å². The lowest BCUT2D eigenvalue weighted by Crippen LogP contribution is -2.37. The van der Waals surface area contributed by atoms with Crippen LogP contribution in [-0.2, 0) is 20.9 Å². The van der Waals surface area contributed by atoms with Crippen LogP contribution in [0.15, 0.2) is 11.6 Å². The van der Waals surface area contributed by atoms with E-state index in [9.17, 15) is 14.9 Å². The third-order valence-electron chi connectivity index (χ3n) is 4.38. The number of hydrogen-bond acceptors (Lipinski definition) is 4. The van der Waals surface area contributed by atoms with Crippen molar-refractivity contribution in [3.63, 3.8) is 0 Å². The number of carbonyl (C=O) groups is 2. The van der Waals surface area contributed by atoms with Crippen molar-refractivity contribution in [3.8, 4) is 6.07 Å². The zero-order valence-corrected chi connectivity index (χ0v) is 16.1. The first-order valence-electron chi connectivity index (χ1n) is 9.02. The Balaban J connectivity index is 2.12. The van der Waals surface area contributed by atoms with Gasteiger partial charge in [-0.15, -0.1) is 0 Å². The summed E-state index contributed by atoms with van der Waals surface area (Å²) in [5.41, 5.74) is 2.77. The standard InChI is InChI=1S/C20H27N3O3/c1-12(2)11-23-13(3)8-16(14(23)4)9-17(10-21)20(25)26-15(5)19(24)22-18-6-7-18/h8-9,12,15,18H,6-7,11H2,1-5H3,(H,22,24)/b17-9+/t15-/m0/s1. The van der Waals surface area contributed by atoms with Crippen LogP contribution >= 0.6 is 0 Å². The first kappa shape index (κ1) is 19.8. The molecule has 1 aliphatic carbocycles. The van der Waals surface area contributed by atoms with Gasteiger partial charge in [0.25, 0.3) is 5.91 Å². The Morgan fingerprint density at radius 3 is 2.58 bits per heavy atom. The summed E-state index contributed by atoms with van der Waals surface area (Å²) in [6, 6.07) is 4.04. The van der Waals surface area contributed by atoms with Crippen molar-refractivity contribution in [3.05, 3.63) is 28.6 Å². The smallest absolute Gasteiger partial charge is 0.349 e.